The van der Waals surface area contributed by atoms with Crippen LogP contribution in [0.4, 0.5) is 0 Å². The lowest BCUT2D eigenvalue weighted by Gasteiger charge is -1.99. The first-order valence-corrected chi connectivity index (χ1v) is 6.41. The van der Waals surface area contributed by atoms with Gasteiger partial charge in [0.05, 0.1) is 12.5 Å². The zero-order valence-corrected chi connectivity index (χ0v) is 11.0. The maximum Gasteiger partial charge on any atom is 0.0670 e. The molecule has 2 aromatic rings. The van der Waals surface area contributed by atoms with Crippen LogP contribution in [0.25, 0.3) is 10.1 Å². The summed E-state index contributed by atoms with van der Waals surface area (Å²) < 4.78 is 3.31. The Balaban J connectivity index is 2.76. The smallest absolute Gasteiger partial charge is 0.0670 e. The number of fused-ring (bicyclic) bond motifs is 1. The first kappa shape index (κ1) is 10.2. The van der Waals surface area contributed by atoms with Gasteiger partial charge in [0, 0.05) is 24.4 Å². The zero-order chi connectivity index (χ0) is 10.1. The molecular weight excluding hydrogens is 326 g/mol. The second-order valence-corrected chi connectivity index (χ2v) is 5.51. The summed E-state index contributed by atoms with van der Waals surface area (Å²) in [4.78, 5) is 0. The Morgan fingerprint density at radius 1 is 1.36 bits per heavy atom. The van der Waals surface area contributed by atoms with Crippen molar-refractivity contribution in [2.24, 2.45) is 0 Å². The normalized spacial score (nSPS) is 10.4. The van der Waals surface area contributed by atoms with Gasteiger partial charge >= 0.3 is 0 Å². The van der Waals surface area contributed by atoms with E-state index in [4.69, 9.17) is 5.26 Å². The molecule has 0 radical (unpaired) electrons. The van der Waals surface area contributed by atoms with Gasteiger partial charge in [-0.05, 0) is 33.6 Å². The standard InChI is InChI=1S/C10H5Br2NS/c11-7-3-6(1-2-13)10-8(4-7)9(12)5-14-10/h3-5H,1H2. The van der Waals surface area contributed by atoms with Gasteiger partial charge in [0.1, 0.15) is 0 Å². The van der Waals surface area contributed by atoms with Crippen LogP contribution in [0.15, 0.2) is 26.5 Å². The highest BCUT2D eigenvalue weighted by Crippen LogP contribution is 2.35. The van der Waals surface area contributed by atoms with Gasteiger partial charge in [-0.15, -0.1) is 11.3 Å². The van der Waals surface area contributed by atoms with Gasteiger partial charge in [0.15, 0.2) is 0 Å². The molecule has 70 valence electrons. The minimum Gasteiger partial charge on any atom is -0.198 e. The quantitative estimate of drug-likeness (QED) is 0.755. The van der Waals surface area contributed by atoms with E-state index >= 15 is 0 Å². The van der Waals surface area contributed by atoms with Gasteiger partial charge in [0.25, 0.3) is 0 Å². The van der Waals surface area contributed by atoms with Crippen LogP contribution in [-0.4, -0.2) is 0 Å². The molecule has 4 heteroatoms. The molecule has 1 nitrogen and oxygen atoms in total. The summed E-state index contributed by atoms with van der Waals surface area (Å²) in [6.07, 6.45) is 0.461. The van der Waals surface area contributed by atoms with Gasteiger partial charge in [-0.3, -0.25) is 0 Å². The van der Waals surface area contributed by atoms with Crippen molar-refractivity contribution in [1.82, 2.24) is 0 Å². The molecule has 2 rings (SSSR count). The Hall–Kier alpha value is -0.370. The number of nitrogens with zero attached hydrogens (tertiary/aromatic N) is 1. The monoisotopic (exact) mass is 329 g/mol. The SMILES string of the molecule is N#CCc1cc(Br)cc2c(Br)csc12. The van der Waals surface area contributed by atoms with Crippen molar-refractivity contribution in [1.29, 1.82) is 5.26 Å². The number of rotatable bonds is 1. The topological polar surface area (TPSA) is 23.8 Å². The lowest BCUT2D eigenvalue weighted by molar-refractivity contribution is 1.29. The van der Waals surface area contributed by atoms with E-state index in [2.05, 4.69) is 49.4 Å². The average molecular weight is 331 g/mol. The molecule has 14 heavy (non-hydrogen) atoms. The van der Waals surface area contributed by atoms with Crippen LogP contribution in [0.2, 0.25) is 0 Å². The Morgan fingerprint density at radius 3 is 2.86 bits per heavy atom. The fraction of sp³-hybridized carbons (Fsp3) is 0.100. The average Bonchev–Trinajstić information content (AvgIpc) is 2.49. The number of thiophene rings is 1. The van der Waals surface area contributed by atoms with E-state index < -0.39 is 0 Å². The molecular formula is C10H5Br2NS. The third-order valence-corrected chi connectivity index (χ3v) is 4.43. The lowest BCUT2D eigenvalue weighted by Crippen LogP contribution is -1.81. The summed E-state index contributed by atoms with van der Waals surface area (Å²) in [7, 11) is 0. The van der Waals surface area contributed by atoms with Crippen LogP contribution in [0.1, 0.15) is 5.56 Å². The molecule has 0 atom stereocenters. The number of nitriles is 1. The van der Waals surface area contributed by atoms with Crippen molar-refractivity contribution < 1.29 is 0 Å². The Bertz CT molecular complexity index is 525. The van der Waals surface area contributed by atoms with Gasteiger partial charge in [-0.25, -0.2) is 0 Å². The van der Waals surface area contributed by atoms with Crippen LogP contribution in [0, 0.1) is 11.3 Å². The summed E-state index contributed by atoms with van der Waals surface area (Å²) in [5.41, 5.74) is 1.09. The molecule has 0 saturated heterocycles. The highest BCUT2D eigenvalue weighted by molar-refractivity contribution is 9.11. The molecule has 0 amide bonds. The first-order valence-electron chi connectivity index (χ1n) is 3.94. The molecule has 0 saturated carbocycles. The van der Waals surface area contributed by atoms with Crippen LogP contribution < -0.4 is 0 Å². The molecule has 1 aromatic carbocycles. The van der Waals surface area contributed by atoms with Crippen molar-refractivity contribution in [3.63, 3.8) is 0 Å². The number of hydrogen-bond acceptors (Lipinski definition) is 2. The van der Waals surface area contributed by atoms with Gasteiger partial charge in [-0.1, -0.05) is 15.9 Å². The van der Waals surface area contributed by atoms with Gasteiger partial charge in [0.2, 0.25) is 0 Å². The molecule has 0 aliphatic carbocycles. The van der Waals surface area contributed by atoms with E-state index in [1.54, 1.807) is 11.3 Å². The third kappa shape index (κ3) is 1.72. The largest absolute Gasteiger partial charge is 0.198 e. The highest BCUT2D eigenvalue weighted by Gasteiger charge is 2.07. The summed E-state index contributed by atoms with van der Waals surface area (Å²) in [5.74, 6) is 0. The lowest BCUT2D eigenvalue weighted by atomic mass is 10.1. The predicted molar refractivity (Wildman–Crippen MR) is 66.5 cm³/mol. The third-order valence-electron chi connectivity index (χ3n) is 1.94. The van der Waals surface area contributed by atoms with Crippen LogP contribution in [-0.2, 0) is 6.42 Å². The van der Waals surface area contributed by atoms with E-state index in [-0.39, 0.29) is 0 Å². The first-order chi connectivity index (χ1) is 6.72. The molecule has 0 N–H and O–H groups in total. The van der Waals surface area contributed by atoms with E-state index in [0.29, 0.717) is 6.42 Å². The number of hydrogen-bond donors (Lipinski definition) is 0. The number of benzene rings is 1. The molecule has 0 aliphatic rings. The Labute approximate surface area is 103 Å². The molecule has 0 spiro atoms. The summed E-state index contributed by atoms with van der Waals surface area (Å²) >= 11 is 8.61. The molecule has 1 aromatic heterocycles. The second kappa shape index (κ2) is 4.01. The van der Waals surface area contributed by atoms with Crippen LogP contribution in [0.3, 0.4) is 0 Å². The van der Waals surface area contributed by atoms with E-state index in [9.17, 15) is 0 Å². The Morgan fingerprint density at radius 2 is 2.14 bits per heavy atom. The second-order valence-electron chi connectivity index (χ2n) is 2.86. The van der Waals surface area contributed by atoms with Crippen molar-refractivity contribution in [3.05, 3.63) is 32.0 Å². The van der Waals surface area contributed by atoms with Crippen molar-refractivity contribution >= 4 is 53.3 Å². The summed E-state index contributed by atoms with van der Waals surface area (Å²) in [5, 5.41) is 11.9. The van der Waals surface area contributed by atoms with E-state index in [1.807, 2.05) is 6.07 Å². The zero-order valence-electron chi connectivity index (χ0n) is 7.05. The maximum atomic E-state index is 8.70. The predicted octanol–water partition coefficient (Wildman–Crippen LogP) is 4.49. The van der Waals surface area contributed by atoms with E-state index in [0.717, 1.165) is 14.5 Å². The molecule has 0 fully saturated rings. The van der Waals surface area contributed by atoms with Gasteiger partial charge < -0.3 is 0 Å². The maximum absolute atomic E-state index is 8.70. The Kier molecular flexibility index (Phi) is 2.91. The molecule has 0 unspecified atom stereocenters. The number of halogens is 2. The fourth-order valence-corrected chi connectivity index (χ4v) is 3.51. The minimum atomic E-state index is 0.461. The molecule has 0 aliphatic heterocycles. The fourth-order valence-electron chi connectivity index (χ4n) is 1.36. The van der Waals surface area contributed by atoms with Gasteiger partial charge in [-0.2, -0.15) is 5.26 Å². The van der Waals surface area contributed by atoms with Crippen LogP contribution in [0.5, 0.6) is 0 Å². The summed E-state index contributed by atoms with van der Waals surface area (Å²) in [6.45, 7) is 0. The van der Waals surface area contributed by atoms with E-state index in [1.165, 1.54) is 10.1 Å². The minimum absolute atomic E-state index is 0.461. The molecule has 1 heterocycles. The summed E-state index contributed by atoms with van der Waals surface area (Å²) in [6, 6.07) is 6.26. The van der Waals surface area contributed by atoms with Crippen molar-refractivity contribution in [2.45, 2.75) is 6.42 Å². The molecule has 0 bridgehead atoms. The highest BCUT2D eigenvalue weighted by atomic mass is 79.9. The van der Waals surface area contributed by atoms with Crippen LogP contribution >= 0.6 is 43.2 Å². The van der Waals surface area contributed by atoms with Crippen molar-refractivity contribution in [3.8, 4) is 6.07 Å². The van der Waals surface area contributed by atoms with Crippen molar-refractivity contribution in [2.75, 3.05) is 0 Å².